The SMILES string of the molecule is CC(Cl)=CC(=O)c1c(C)[nH]n(-c2ccccc2)c1=O. The van der Waals surface area contributed by atoms with E-state index in [-0.39, 0.29) is 16.9 Å². The molecule has 0 spiro atoms. The summed E-state index contributed by atoms with van der Waals surface area (Å²) >= 11 is 5.67. The lowest BCUT2D eigenvalue weighted by Gasteiger charge is -1.99. The van der Waals surface area contributed by atoms with Crippen molar-refractivity contribution in [1.82, 2.24) is 9.78 Å². The summed E-state index contributed by atoms with van der Waals surface area (Å²) in [4.78, 5) is 24.2. The van der Waals surface area contributed by atoms with Gasteiger partial charge >= 0.3 is 0 Å². The first-order valence-corrected chi connectivity index (χ1v) is 6.13. The molecule has 0 fully saturated rings. The first-order chi connectivity index (χ1) is 9.00. The Morgan fingerprint density at radius 3 is 2.53 bits per heavy atom. The van der Waals surface area contributed by atoms with E-state index >= 15 is 0 Å². The molecule has 1 aromatic heterocycles. The number of benzene rings is 1. The molecule has 0 saturated carbocycles. The van der Waals surface area contributed by atoms with Crippen molar-refractivity contribution in [2.24, 2.45) is 0 Å². The number of carbonyl (C=O) groups is 1. The highest BCUT2D eigenvalue weighted by Crippen LogP contribution is 2.09. The van der Waals surface area contributed by atoms with E-state index in [9.17, 15) is 9.59 Å². The van der Waals surface area contributed by atoms with Crippen molar-refractivity contribution in [3.63, 3.8) is 0 Å². The number of H-pyrrole nitrogens is 1. The summed E-state index contributed by atoms with van der Waals surface area (Å²) in [6.45, 7) is 3.28. The fourth-order valence-corrected chi connectivity index (χ4v) is 1.95. The Kier molecular flexibility index (Phi) is 3.71. The molecule has 4 nitrogen and oxygen atoms in total. The highest BCUT2D eigenvalue weighted by molar-refractivity contribution is 6.31. The number of nitrogens with one attached hydrogen (secondary N) is 1. The van der Waals surface area contributed by atoms with Crippen LogP contribution in [0.5, 0.6) is 0 Å². The maximum atomic E-state index is 12.3. The van der Waals surface area contributed by atoms with Gasteiger partial charge in [-0.3, -0.25) is 14.7 Å². The number of aromatic nitrogens is 2. The van der Waals surface area contributed by atoms with Crippen molar-refractivity contribution >= 4 is 17.4 Å². The van der Waals surface area contributed by atoms with Crippen LogP contribution in [0.1, 0.15) is 23.0 Å². The van der Waals surface area contributed by atoms with Crippen molar-refractivity contribution in [2.75, 3.05) is 0 Å². The molecule has 0 amide bonds. The number of rotatable bonds is 3. The van der Waals surface area contributed by atoms with Gasteiger partial charge in [0, 0.05) is 16.8 Å². The second-order valence-electron chi connectivity index (χ2n) is 4.18. The second-order valence-corrected chi connectivity index (χ2v) is 4.78. The Bertz CT molecular complexity index is 692. The third-order valence-electron chi connectivity index (χ3n) is 2.66. The Balaban J connectivity index is 2.56. The molecular formula is C14H13ClN2O2. The van der Waals surface area contributed by atoms with Gasteiger partial charge in [0.05, 0.1) is 5.69 Å². The third-order valence-corrected chi connectivity index (χ3v) is 2.77. The van der Waals surface area contributed by atoms with Crippen LogP contribution in [0.15, 0.2) is 46.2 Å². The maximum absolute atomic E-state index is 12.3. The predicted molar refractivity (Wildman–Crippen MR) is 75.1 cm³/mol. The van der Waals surface area contributed by atoms with Crippen LogP contribution in [0.4, 0.5) is 0 Å². The van der Waals surface area contributed by atoms with Crippen LogP contribution in [0, 0.1) is 6.92 Å². The van der Waals surface area contributed by atoms with E-state index in [0.717, 1.165) is 0 Å². The third kappa shape index (κ3) is 2.69. The van der Waals surface area contributed by atoms with Crippen LogP contribution in [0.25, 0.3) is 5.69 Å². The quantitative estimate of drug-likeness (QED) is 0.692. The average Bonchev–Trinajstić information content (AvgIpc) is 2.65. The fourth-order valence-electron chi connectivity index (χ4n) is 1.85. The molecule has 5 heteroatoms. The fraction of sp³-hybridized carbons (Fsp3) is 0.143. The van der Waals surface area contributed by atoms with Gasteiger partial charge in [-0.1, -0.05) is 29.8 Å². The van der Waals surface area contributed by atoms with E-state index in [1.165, 1.54) is 10.8 Å². The predicted octanol–water partition coefficient (Wildman–Crippen LogP) is 2.80. The lowest BCUT2D eigenvalue weighted by atomic mass is 10.1. The monoisotopic (exact) mass is 276 g/mol. The zero-order chi connectivity index (χ0) is 14.0. The minimum absolute atomic E-state index is 0.115. The van der Waals surface area contributed by atoms with Crippen LogP contribution >= 0.6 is 11.6 Å². The van der Waals surface area contributed by atoms with Crippen molar-refractivity contribution in [3.05, 3.63) is 63.1 Å². The molecule has 2 rings (SSSR count). The highest BCUT2D eigenvalue weighted by atomic mass is 35.5. The lowest BCUT2D eigenvalue weighted by Crippen LogP contribution is -2.19. The number of aromatic amines is 1. The van der Waals surface area contributed by atoms with Gasteiger partial charge in [0.25, 0.3) is 5.56 Å². The number of ketones is 1. The molecule has 1 N–H and O–H groups in total. The number of para-hydroxylation sites is 1. The Labute approximate surface area is 115 Å². The average molecular weight is 277 g/mol. The van der Waals surface area contributed by atoms with Crippen molar-refractivity contribution in [3.8, 4) is 5.69 Å². The lowest BCUT2D eigenvalue weighted by molar-refractivity contribution is 0.104. The second kappa shape index (κ2) is 5.28. The zero-order valence-electron chi connectivity index (χ0n) is 10.6. The van der Waals surface area contributed by atoms with E-state index in [1.54, 1.807) is 26.0 Å². The Hall–Kier alpha value is -2.07. The Morgan fingerprint density at radius 1 is 1.32 bits per heavy atom. The first-order valence-electron chi connectivity index (χ1n) is 5.76. The summed E-state index contributed by atoms with van der Waals surface area (Å²) in [5, 5.41) is 3.24. The zero-order valence-corrected chi connectivity index (χ0v) is 11.4. The molecule has 19 heavy (non-hydrogen) atoms. The summed E-state index contributed by atoms with van der Waals surface area (Å²) in [6, 6.07) is 9.07. The molecule has 0 radical (unpaired) electrons. The summed E-state index contributed by atoms with van der Waals surface area (Å²) < 4.78 is 1.35. The van der Waals surface area contributed by atoms with E-state index in [4.69, 9.17) is 11.6 Å². The van der Waals surface area contributed by atoms with Gasteiger partial charge in [0.1, 0.15) is 5.56 Å². The molecule has 2 aromatic rings. The smallest absolute Gasteiger partial charge is 0.282 e. The molecular weight excluding hydrogens is 264 g/mol. The van der Waals surface area contributed by atoms with E-state index in [0.29, 0.717) is 16.4 Å². The van der Waals surface area contributed by atoms with E-state index in [1.807, 2.05) is 18.2 Å². The van der Waals surface area contributed by atoms with E-state index < -0.39 is 0 Å². The molecule has 0 unspecified atom stereocenters. The summed E-state index contributed by atoms with van der Waals surface area (Å²) in [7, 11) is 0. The first kappa shape index (κ1) is 13.4. The number of allylic oxidation sites excluding steroid dienone is 2. The topological polar surface area (TPSA) is 54.9 Å². The molecule has 1 heterocycles. The molecule has 0 saturated heterocycles. The normalized spacial score (nSPS) is 11.6. The number of hydrogen-bond donors (Lipinski definition) is 1. The number of aryl methyl sites for hydroxylation is 1. The Morgan fingerprint density at radius 2 is 1.95 bits per heavy atom. The molecule has 0 bridgehead atoms. The maximum Gasteiger partial charge on any atom is 0.282 e. The van der Waals surface area contributed by atoms with Crippen LogP contribution < -0.4 is 5.56 Å². The van der Waals surface area contributed by atoms with Crippen LogP contribution in [-0.4, -0.2) is 15.6 Å². The van der Waals surface area contributed by atoms with Gasteiger partial charge in [-0.05, 0) is 26.0 Å². The number of carbonyl (C=O) groups excluding carboxylic acids is 1. The van der Waals surface area contributed by atoms with Crippen molar-refractivity contribution in [2.45, 2.75) is 13.8 Å². The van der Waals surface area contributed by atoms with Gasteiger partial charge in [-0.15, -0.1) is 0 Å². The van der Waals surface area contributed by atoms with Crippen LogP contribution in [-0.2, 0) is 0 Å². The van der Waals surface area contributed by atoms with Gasteiger partial charge in [-0.25, -0.2) is 4.68 Å². The van der Waals surface area contributed by atoms with E-state index in [2.05, 4.69) is 5.10 Å². The molecule has 0 aliphatic heterocycles. The van der Waals surface area contributed by atoms with Gasteiger partial charge in [0.15, 0.2) is 5.78 Å². The number of nitrogens with zero attached hydrogens (tertiary/aromatic N) is 1. The van der Waals surface area contributed by atoms with Gasteiger partial charge in [0.2, 0.25) is 0 Å². The molecule has 0 aliphatic carbocycles. The minimum Gasteiger partial charge on any atom is -0.295 e. The number of halogens is 1. The minimum atomic E-state index is -0.388. The standard InChI is InChI=1S/C14H13ClN2O2/c1-9(15)8-12(18)13-10(2)16-17(14(13)19)11-6-4-3-5-7-11/h3-8,16H,1-2H3. The molecule has 0 atom stereocenters. The summed E-state index contributed by atoms with van der Waals surface area (Å²) in [5.41, 5.74) is 0.945. The molecule has 98 valence electrons. The molecule has 0 aliphatic rings. The van der Waals surface area contributed by atoms with Crippen molar-refractivity contribution < 1.29 is 4.79 Å². The van der Waals surface area contributed by atoms with Gasteiger partial charge < -0.3 is 0 Å². The summed E-state index contributed by atoms with van der Waals surface area (Å²) in [5.74, 6) is -0.388. The summed E-state index contributed by atoms with van der Waals surface area (Å²) in [6.07, 6.45) is 1.24. The number of hydrogen-bond acceptors (Lipinski definition) is 2. The van der Waals surface area contributed by atoms with Gasteiger partial charge in [-0.2, -0.15) is 0 Å². The largest absolute Gasteiger partial charge is 0.295 e. The van der Waals surface area contributed by atoms with Crippen LogP contribution in [0.2, 0.25) is 0 Å². The molecule has 1 aromatic carbocycles. The van der Waals surface area contributed by atoms with Crippen molar-refractivity contribution in [1.29, 1.82) is 0 Å². The van der Waals surface area contributed by atoms with Crippen LogP contribution in [0.3, 0.4) is 0 Å². The highest BCUT2D eigenvalue weighted by Gasteiger charge is 2.17.